The zero-order valence-corrected chi connectivity index (χ0v) is 9.85. The molecule has 0 saturated heterocycles. The molecule has 1 heterocycles. The number of likely N-dealkylation sites (N-methyl/N-ethyl adjacent to an activating group) is 1. The molecule has 0 aliphatic carbocycles. The summed E-state index contributed by atoms with van der Waals surface area (Å²) in [7, 11) is 2.06. The number of aromatic nitrogens is 3. The van der Waals surface area contributed by atoms with Crippen LogP contribution < -0.4 is 5.73 Å². The van der Waals surface area contributed by atoms with Crippen LogP contribution in [-0.4, -0.2) is 39.3 Å². The van der Waals surface area contributed by atoms with Crippen molar-refractivity contribution in [2.24, 2.45) is 5.73 Å². The third kappa shape index (κ3) is 3.28. The average Bonchev–Trinajstić information content (AvgIpc) is 2.65. The fourth-order valence-corrected chi connectivity index (χ4v) is 1.37. The van der Waals surface area contributed by atoms with Gasteiger partial charge in [0.15, 0.2) is 0 Å². The SMILES string of the molecule is CCCn1ncnc1CN(C)C(C)CN. The van der Waals surface area contributed by atoms with Crippen molar-refractivity contribution in [3.8, 4) is 0 Å². The standard InChI is InChI=1S/C10H21N5/c1-4-5-15-10(12-8-13-15)7-14(3)9(2)6-11/h8-9H,4-7,11H2,1-3H3. The highest BCUT2D eigenvalue weighted by Gasteiger charge is 2.11. The lowest BCUT2D eigenvalue weighted by atomic mass is 10.3. The molecular formula is C10H21N5. The van der Waals surface area contributed by atoms with Crippen molar-refractivity contribution in [3.05, 3.63) is 12.2 Å². The minimum Gasteiger partial charge on any atom is -0.329 e. The van der Waals surface area contributed by atoms with E-state index in [9.17, 15) is 0 Å². The van der Waals surface area contributed by atoms with Crippen LogP contribution in [0, 0.1) is 0 Å². The van der Waals surface area contributed by atoms with E-state index in [1.165, 1.54) is 0 Å². The molecule has 0 aliphatic rings. The van der Waals surface area contributed by atoms with Crippen molar-refractivity contribution in [3.63, 3.8) is 0 Å². The van der Waals surface area contributed by atoms with Gasteiger partial charge >= 0.3 is 0 Å². The summed E-state index contributed by atoms with van der Waals surface area (Å²) in [6.45, 7) is 6.65. The second kappa shape index (κ2) is 5.82. The molecule has 1 atom stereocenters. The molecule has 15 heavy (non-hydrogen) atoms. The summed E-state index contributed by atoms with van der Waals surface area (Å²) in [5, 5.41) is 4.19. The minimum absolute atomic E-state index is 0.372. The molecule has 1 aromatic heterocycles. The lowest BCUT2D eigenvalue weighted by molar-refractivity contribution is 0.243. The van der Waals surface area contributed by atoms with Crippen LogP contribution in [0.2, 0.25) is 0 Å². The summed E-state index contributed by atoms with van der Waals surface area (Å²) in [5.41, 5.74) is 5.61. The van der Waals surface area contributed by atoms with Crippen LogP contribution in [-0.2, 0) is 13.1 Å². The Morgan fingerprint density at radius 2 is 2.33 bits per heavy atom. The van der Waals surface area contributed by atoms with E-state index in [1.54, 1.807) is 6.33 Å². The number of aryl methyl sites for hydroxylation is 1. The zero-order valence-electron chi connectivity index (χ0n) is 9.85. The molecule has 1 rings (SSSR count). The monoisotopic (exact) mass is 211 g/mol. The summed E-state index contributed by atoms with van der Waals surface area (Å²) in [6, 6.07) is 0.372. The van der Waals surface area contributed by atoms with E-state index in [4.69, 9.17) is 5.73 Å². The van der Waals surface area contributed by atoms with E-state index in [0.29, 0.717) is 12.6 Å². The van der Waals surface area contributed by atoms with Crippen molar-refractivity contribution >= 4 is 0 Å². The first kappa shape index (κ1) is 12.1. The quantitative estimate of drug-likeness (QED) is 0.743. The van der Waals surface area contributed by atoms with E-state index in [2.05, 4.69) is 35.9 Å². The van der Waals surface area contributed by atoms with Gasteiger partial charge in [-0.3, -0.25) is 4.90 Å². The molecule has 0 bridgehead atoms. The number of nitrogens with two attached hydrogens (primary N) is 1. The topological polar surface area (TPSA) is 60.0 Å². The van der Waals surface area contributed by atoms with Crippen LogP contribution in [0.4, 0.5) is 0 Å². The Balaban J connectivity index is 2.59. The molecule has 1 aromatic rings. The molecule has 0 spiro atoms. The lowest BCUT2D eigenvalue weighted by Gasteiger charge is -2.22. The Morgan fingerprint density at radius 3 is 2.93 bits per heavy atom. The van der Waals surface area contributed by atoms with Gasteiger partial charge in [-0.15, -0.1) is 0 Å². The van der Waals surface area contributed by atoms with Crippen molar-refractivity contribution in [2.75, 3.05) is 13.6 Å². The summed E-state index contributed by atoms with van der Waals surface area (Å²) >= 11 is 0. The number of hydrogen-bond donors (Lipinski definition) is 1. The first-order valence-electron chi connectivity index (χ1n) is 5.46. The van der Waals surface area contributed by atoms with Crippen molar-refractivity contribution in [1.29, 1.82) is 0 Å². The van der Waals surface area contributed by atoms with Gasteiger partial charge in [0.05, 0.1) is 6.54 Å². The molecule has 5 nitrogen and oxygen atoms in total. The Morgan fingerprint density at radius 1 is 1.60 bits per heavy atom. The highest BCUT2D eigenvalue weighted by atomic mass is 15.3. The van der Waals surface area contributed by atoms with Gasteiger partial charge in [-0.1, -0.05) is 6.92 Å². The summed E-state index contributed by atoms with van der Waals surface area (Å²) in [4.78, 5) is 6.45. The van der Waals surface area contributed by atoms with Crippen molar-refractivity contribution in [1.82, 2.24) is 19.7 Å². The predicted octanol–water partition coefficient (Wildman–Crippen LogP) is 0.467. The van der Waals surface area contributed by atoms with Crippen LogP contribution in [0.15, 0.2) is 6.33 Å². The molecule has 0 aromatic carbocycles. The number of nitrogens with zero attached hydrogens (tertiary/aromatic N) is 4. The van der Waals surface area contributed by atoms with Gasteiger partial charge in [0.2, 0.25) is 0 Å². The molecule has 5 heteroatoms. The second-order valence-electron chi connectivity index (χ2n) is 3.90. The fraction of sp³-hybridized carbons (Fsp3) is 0.800. The largest absolute Gasteiger partial charge is 0.329 e. The molecule has 0 aliphatic heterocycles. The molecule has 0 fully saturated rings. The lowest BCUT2D eigenvalue weighted by Crippen LogP contribution is -2.35. The zero-order chi connectivity index (χ0) is 11.3. The maximum absolute atomic E-state index is 5.61. The molecule has 0 radical (unpaired) electrons. The van der Waals surface area contributed by atoms with Gasteiger partial charge in [-0.25, -0.2) is 9.67 Å². The van der Waals surface area contributed by atoms with Crippen LogP contribution in [0.25, 0.3) is 0 Å². The average molecular weight is 211 g/mol. The second-order valence-corrected chi connectivity index (χ2v) is 3.90. The molecule has 2 N–H and O–H groups in total. The van der Waals surface area contributed by atoms with Gasteiger partial charge in [0, 0.05) is 19.1 Å². The summed E-state index contributed by atoms with van der Waals surface area (Å²) in [5.74, 6) is 1.01. The third-order valence-corrected chi connectivity index (χ3v) is 2.62. The predicted molar refractivity (Wildman–Crippen MR) is 60.3 cm³/mol. The highest BCUT2D eigenvalue weighted by Crippen LogP contribution is 2.03. The molecular weight excluding hydrogens is 190 g/mol. The maximum Gasteiger partial charge on any atom is 0.141 e. The molecule has 86 valence electrons. The molecule has 0 saturated carbocycles. The Hall–Kier alpha value is -0.940. The van der Waals surface area contributed by atoms with Crippen LogP contribution in [0.1, 0.15) is 26.1 Å². The summed E-state index contributed by atoms with van der Waals surface area (Å²) in [6.07, 6.45) is 2.69. The number of rotatable bonds is 6. The Bertz CT molecular complexity index is 283. The molecule has 1 unspecified atom stereocenters. The maximum atomic E-state index is 5.61. The number of hydrogen-bond acceptors (Lipinski definition) is 4. The van der Waals surface area contributed by atoms with Crippen LogP contribution in [0.5, 0.6) is 0 Å². The Kier molecular flexibility index (Phi) is 4.71. The van der Waals surface area contributed by atoms with Crippen molar-refractivity contribution < 1.29 is 0 Å². The van der Waals surface area contributed by atoms with Gasteiger partial charge in [0.25, 0.3) is 0 Å². The van der Waals surface area contributed by atoms with Crippen LogP contribution >= 0.6 is 0 Å². The van der Waals surface area contributed by atoms with Crippen LogP contribution in [0.3, 0.4) is 0 Å². The van der Waals surface area contributed by atoms with E-state index in [0.717, 1.165) is 25.3 Å². The van der Waals surface area contributed by atoms with E-state index in [-0.39, 0.29) is 0 Å². The first-order valence-corrected chi connectivity index (χ1v) is 5.46. The van der Waals surface area contributed by atoms with E-state index in [1.807, 2.05) is 4.68 Å². The normalized spacial score (nSPS) is 13.4. The van der Waals surface area contributed by atoms with Gasteiger partial charge in [-0.2, -0.15) is 5.10 Å². The fourth-order valence-electron chi connectivity index (χ4n) is 1.37. The van der Waals surface area contributed by atoms with Gasteiger partial charge in [-0.05, 0) is 20.4 Å². The minimum atomic E-state index is 0.372. The highest BCUT2D eigenvalue weighted by molar-refractivity contribution is 4.85. The van der Waals surface area contributed by atoms with E-state index >= 15 is 0 Å². The van der Waals surface area contributed by atoms with E-state index < -0.39 is 0 Å². The van der Waals surface area contributed by atoms with Gasteiger partial charge in [0.1, 0.15) is 12.2 Å². The smallest absolute Gasteiger partial charge is 0.141 e. The van der Waals surface area contributed by atoms with Crippen molar-refractivity contribution in [2.45, 2.75) is 39.4 Å². The van der Waals surface area contributed by atoms with Gasteiger partial charge < -0.3 is 5.73 Å². The first-order chi connectivity index (χ1) is 7.19. The molecule has 0 amide bonds. The Labute approximate surface area is 91.3 Å². The summed E-state index contributed by atoms with van der Waals surface area (Å²) < 4.78 is 1.96. The third-order valence-electron chi connectivity index (χ3n) is 2.62.